The van der Waals surface area contributed by atoms with E-state index in [0.29, 0.717) is 0 Å². The van der Waals surface area contributed by atoms with Crippen molar-refractivity contribution in [1.29, 1.82) is 0 Å². The van der Waals surface area contributed by atoms with E-state index in [1.165, 1.54) is 32.1 Å². The zero-order valence-corrected chi connectivity index (χ0v) is 7.38. The Bertz CT molecular complexity index is 118. The SMILES string of the molecule is COCC1CC/C=C\CCC1. The van der Waals surface area contributed by atoms with Crippen molar-refractivity contribution in [3.05, 3.63) is 12.2 Å². The Balaban J connectivity index is 2.24. The monoisotopic (exact) mass is 154 g/mol. The summed E-state index contributed by atoms with van der Waals surface area (Å²) in [5.74, 6) is 0.810. The van der Waals surface area contributed by atoms with Crippen LogP contribution in [0.2, 0.25) is 0 Å². The van der Waals surface area contributed by atoms with Gasteiger partial charge in [0.15, 0.2) is 0 Å². The Morgan fingerprint density at radius 3 is 2.91 bits per heavy atom. The topological polar surface area (TPSA) is 9.23 Å². The lowest BCUT2D eigenvalue weighted by molar-refractivity contribution is 0.142. The first kappa shape index (κ1) is 8.79. The predicted octanol–water partition coefficient (Wildman–Crippen LogP) is 2.77. The number of rotatable bonds is 2. The van der Waals surface area contributed by atoms with Gasteiger partial charge >= 0.3 is 0 Å². The summed E-state index contributed by atoms with van der Waals surface area (Å²) in [5, 5.41) is 0. The van der Waals surface area contributed by atoms with Gasteiger partial charge in [-0.15, -0.1) is 0 Å². The Hall–Kier alpha value is -0.300. The Kier molecular flexibility index (Phi) is 4.29. The summed E-state index contributed by atoms with van der Waals surface area (Å²) in [7, 11) is 1.80. The van der Waals surface area contributed by atoms with Crippen LogP contribution in [0.15, 0.2) is 12.2 Å². The van der Waals surface area contributed by atoms with Crippen molar-refractivity contribution < 1.29 is 4.74 Å². The molecule has 1 rings (SSSR count). The minimum Gasteiger partial charge on any atom is -0.384 e. The highest BCUT2D eigenvalue weighted by Gasteiger charge is 2.07. The van der Waals surface area contributed by atoms with Gasteiger partial charge in [0.05, 0.1) is 0 Å². The van der Waals surface area contributed by atoms with E-state index in [0.717, 1.165) is 12.5 Å². The van der Waals surface area contributed by atoms with Crippen LogP contribution >= 0.6 is 0 Å². The van der Waals surface area contributed by atoms with Gasteiger partial charge in [-0.2, -0.15) is 0 Å². The van der Waals surface area contributed by atoms with E-state index in [1.54, 1.807) is 7.11 Å². The molecule has 0 saturated carbocycles. The molecule has 0 aromatic carbocycles. The fourth-order valence-corrected chi connectivity index (χ4v) is 1.64. The van der Waals surface area contributed by atoms with E-state index < -0.39 is 0 Å². The van der Waals surface area contributed by atoms with Crippen LogP contribution in [0.1, 0.15) is 32.1 Å². The smallest absolute Gasteiger partial charge is 0.0490 e. The van der Waals surface area contributed by atoms with Crippen molar-refractivity contribution in [2.45, 2.75) is 32.1 Å². The molecule has 1 nitrogen and oxygen atoms in total. The van der Waals surface area contributed by atoms with E-state index in [1.807, 2.05) is 0 Å². The van der Waals surface area contributed by atoms with Crippen molar-refractivity contribution in [2.24, 2.45) is 5.92 Å². The molecule has 11 heavy (non-hydrogen) atoms. The molecule has 1 aliphatic carbocycles. The molecule has 64 valence electrons. The lowest BCUT2D eigenvalue weighted by atomic mass is 9.95. The molecule has 0 aromatic heterocycles. The average Bonchev–Trinajstić information content (AvgIpc) is 1.94. The number of methoxy groups -OCH3 is 1. The van der Waals surface area contributed by atoms with Gasteiger partial charge in [0.2, 0.25) is 0 Å². The molecule has 0 aromatic rings. The maximum absolute atomic E-state index is 5.15. The van der Waals surface area contributed by atoms with Gasteiger partial charge in [-0.25, -0.2) is 0 Å². The summed E-state index contributed by atoms with van der Waals surface area (Å²) in [5.41, 5.74) is 0. The van der Waals surface area contributed by atoms with Crippen molar-refractivity contribution >= 4 is 0 Å². The third-order valence-electron chi connectivity index (χ3n) is 2.29. The second kappa shape index (κ2) is 5.36. The van der Waals surface area contributed by atoms with Gasteiger partial charge in [-0.3, -0.25) is 0 Å². The van der Waals surface area contributed by atoms with Crippen LogP contribution in [0.3, 0.4) is 0 Å². The molecular formula is C10H18O. The average molecular weight is 154 g/mol. The third kappa shape index (κ3) is 3.57. The first-order valence-electron chi connectivity index (χ1n) is 4.57. The van der Waals surface area contributed by atoms with Crippen molar-refractivity contribution in [1.82, 2.24) is 0 Å². The molecule has 0 radical (unpaired) electrons. The molecule has 0 saturated heterocycles. The standard InChI is InChI=1S/C10H18O/c1-11-9-10-7-5-3-2-4-6-8-10/h2-3,10H,4-9H2,1H3/b3-2-. The lowest BCUT2D eigenvalue weighted by Gasteiger charge is -2.15. The first-order chi connectivity index (χ1) is 5.43. The van der Waals surface area contributed by atoms with Crippen LogP contribution in [-0.4, -0.2) is 13.7 Å². The molecule has 1 unspecified atom stereocenters. The Labute approximate surface area is 69.4 Å². The van der Waals surface area contributed by atoms with E-state index in [2.05, 4.69) is 12.2 Å². The van der Waals surface area contributed by atoms with Crippen LogP contribution < -0.4 is 0 Å². The number of hydrogen-bond acceptors (Lipinski definition) is 1. The minimum absolute atomic E-state index is 0.810. The van der Waals surface area contributed by atoms with Gasteiger partial charge in [-0.05, 0) is 38.0 Å². The summed E-state index contributed by atoms with van der Waals surface area (Å²) in [6, 6.07) is 0. The highest BCUT2D eigenvalue weighted by molar-refractivity contribution is 4.84. The third-order valence-corrected chi connectivity index (χ3v) is 2.29. The molecule has 1 aliphatic rings. The normalized spacial score (nSPS) is 29.0. The van der Waals surface area contributed by atoms with Crippen LogP contribution in [0.5, 0.6) is 0 Å². The molecule has 0 aliphatic heterocycles. The second-order valence-electron chi connectivity index (χ2n) is 3.30. The molecule has 1 heteroatoms. The fourth-order valence-electron chi connectivity index (χ4n) is 1.64. The quantitative estimate of drug-likeness (QED) is 0.556. The van der Waals surface area contributed by atoms with E-state index in [4.69, 9.17) is 4.74 Å². The van der Waals surface area contributed by atoms with Gasteiger partial charge in [0.25, 0.3) is 0 Å². The maximum atomic E-state index is 5.15. The summed E-state index contributed by atoms with van der Waals surface area (Å²) in [6.07, 6.45) is 11.1. The number of allylic oxidation sites excluding steroid dienone is 2. The molecule has 0 spiro atoms. The van der Waals surface area contributed by atoms with E-state index in [9.17, 15) is 0 Å². The molecule has 1 atom stereocenters. The fraction of sp³-hybridized carbons (Fsp3) is 0.800. The second-order valence-corrected chi connectivity index (χ2v) is 3.30. The highest BCUT2D eigenvalue weighted by Crippen LogP contribution is 2.18. The molecule has 0 fully saturated rings. The summed E-state index contributed by atoms with van der Waals surface area (Å²) < 4.78 is 5.15. The molecule has 0 heterocycles. The minimum atomic E-state index is 0.810. The maximum Gasteiger partial charge on any atom is 0.0490 e. The van der Waals surface area contributed by atoms with Crippen molar-refractivity contribution in [3.63, 3.8) is 0 Å². The van der Waals surface area contributed by atoms with Crippen LogP contribution in [0.4, 0.5) is 0 Å². The highest BCUT2D eigenvalue weighted by atomic mass is 16.5. The zero-order chi connectivity index (χ0) is 7.94. The zero-order valence-electron chi connectivity index (χ0n) is 7.38. The van der Waals surface area contributed by atoms with Gasteiger partial charge in [0, 0.05) is 13.7 Å². The number of hydrogen-bond donors (Lipinski definition) is 0. The largest absolute Gasteiger partial charge is 0.384 e. The Morgan fingerprint density at radius 2 is 2.09 bits per heavy atom. The van der Waals surface area contributed by atoms with Crippen LogP contribution in [-0.2, 0) is 4.74 Å². The number of ether oxygens (including phenoxy) is 1. The summed E-state index contributed by atoms with van der Waals surface area (Å²) in [4.78, 5) is 0. The molecular weight excluding hydrogens is 136 g/mol. The van der Waals surface area contributed by atoms with Gasteiger partial charge < -0.3 is 4.74 Å². The summed E-state index contributed by atoms with van der Waals surface area (Å²) >= 11 is 0. The van der Waals surface area contributed by atoms with Gasteiger partial charge in [0.1, 0.15) is 0 Å². The molecule has 0 amide bonds. The lowest BCUT2D eigenvalue weighted by Crippen LogP contribution is -2.08. The van der Waals surface area contributed by atoms with Crippen molar-refractivity contribution in [3.8, 4) is 0 Å². The Morgan fingerprint density at radius 1 is 1.27 bits per heavy atom. The van der Waals surface area contributed by atoms with Crippen molar-refractivity contribution in [2.75, 3.05) is 13.7 Å². The van der Waals surface area contributed by atoms with Crippen LogP contribution in [0.25, 0.3) is 0 Å². The predicted molar refractivity (Wildman–Crippen MR) is 47.6 cm³/mol. The summed E-state index contributed by atoms with van der Waals surface area (Å²) in [6.45, 7) is 0.952. The molecule has 0 N–H and O–H groups in total. The first-order valence-corrected chi connectivity index (χ1v) is 4.57. The molecule has 0 bridgehead atoms. The van der Waals surface area contributed by atoms with Crippen LogP contribution in [0, 0.1) is 5.92 Å². The van der Waals surface area contributed by atoms with E-state index in [-0.39, 0.29) is 0 Å². The van der Waals surface area contributed by atoms with E-state index >= 15 is 0 Å². The van der Waals surface area contributed by atoms with Gasteiger partial charge in [-0.1, -0.05) is 12.2 Å².